The molecule has 0 spiro atoms. The van der Waals surface area contributed by atoms with Crippen molar-refractivity contribution in [3.05, 3.63) is 0 Å². The Hall–Kier alpha value is -0.940. The molecule has 2 saturated heterocycles. The van der Waals surface area contributed by atoms with Crippen LogP contribution in [0.5, 0.6) is 0 Å². The Bertz CT molecular complexity index is 280. The summed E-state index contributed by atoms with van der Waals surface area (Å²) in [6, 6.07) is 0.194. The molecular formula is C10H17N3O2. The second-order valence-corrected chi connectivity index (χ2v) is 4.35. The SMILES string of the molecule is CN1CCCC1CNC1CC(=O)NC1=O. The number of imide groups is 1. The van der Waals surface area contributed by atoms with Gasteiger partial charge in [-0.15, -0.1) is 0 Å². The number of carbonyl (C=O) groups is 2. The van der Waals surface area contributed by atoms with Gasteiger partial charge in [0.05, 0.1) is 12.5 Å². The second-order valence-electron chi connectivity index (χ2n) is 4.35. The summed E-state index contributed by atoms with van der Waals surface area (Å²) in [4.78, 5) is 24.5. The molecule has 0 aromatic rings. The highest BCUT2D eigenvalue weighted by Gasteiger charge is 2.31. The number of nitrogens with zero attached hydrogens (tertiary/aromatic N) is 1. The summed E-state index contributed by atoms with van der Waals surface area (Å²) in [6.45, 7) is 1.92. The largest absolute Gasteiger partial charge is 0.304 e. The van der Waals surface area contributed by atoms with Crippen LogP contribution in [0.3, 0.4) is 0 Å². The van der Waals surface area contributed by atoms with Gasteiger partial charge in [-0.3, -0.25) is 14.9 Å². The van der Waals surface area contributed by atoms with Crippen LogP contribution >= 0.6 is 0 Å². The molecule has 0 saturated carbocycles. The molecule has 2 fully saturated rings. The zero-order valence-corrected chi connectivity index (χ0v) is 8.95. The van der Waals surface area contributed by atoms with E-state index in [4.69, 9.17) is 0 Å². The van der Waals surface area contributed by atoms with E-state index in [9.17, 15) is 9.59 Å². The minimum atomic E-state index is -0.313. The van der Waals surface area contributed by atoms with E-state index in [1.807, 2.05) is 0 Å². The van der Waals surface area contributed by atoms with Crippen LogP contribution in [0.25, 0.3) is 0 Å². The maximum Gasteiger partial charge on any atom is 0.244 e. The van der Waals surface area contributed by atoms with Gasteiger partial charge < -0.3 is 10.2 Å². The molecule has 2 amide bonds. The first kappa shape index (κ1) is 10.6. The van der Waals surface area contributed by atoms with Crippen LogP contribution in [0.4, 0.5) is 0 Å². The Kier molecular flexibility index (Phi) is 3.02. The van der Waals surface area contributed by atoms with E-state index in [1.165, 1.54) is 12.8 Å². The maximum absolute atomic E-state index is 11.3. The molecule has 2 unspecified atom stereocenters. The van der Waals surface area contributed by atoms with Crippen LogP contribution in [0, 0.1) is 0 Å². The quantitative estimate of drug-likeness (QED) is 0.593. The molecule has 2 atom stereocenters. The number of hydrogen-bond acceptors (Lipinski definition) is 4. The third-order valence-corrected chi connectivity index (χ3v) is 3.24. The van der Waals surface area contributed by atoms with Crippen molar-refractivity contribution < 1.29 is 9.59 Å². The first-order valence-electron chi connectivity index (χ1n) is 5.44. The Morgan fingerprint density at radius 1 is 1.53 bits per heavy atom. The lowest BCUT2D eigenvalue weighted by molar-refractivity contribution is -0.125. The highest BCUT2D eigenvalue weighted by molar-refractivity contribution is 6.05. The second kappa shape index (κ2) is 4.28. The average Bonchev–Trinajstić information content (AvgIpc) is 2.70. The molecule has 5 nitrogen and oxygen atoms in total. The highest BCUT2D eigenvalue weighted by atomic mass is 16.2. The highest BCUT2D eigenvalue weighted by Crippen LogP contribution is 2.14. The summed E-state index contributed by atoms with van der Waals surface area (Å²) in [5, 5.41) is 5.46. The standard InChI is InChI=1S/C10H17N3O2/c1-13-4-2-3-7(13)6-11-8-5-9(14)12-10(8)15/h7-8,11H,2-6H2,1H3,(H,12,14,15). The predicted molar refractivity (Wildman–Crippen MR) is 55.2 cm³/mol. The van der Waals surface area contributed by atoms with E-state index in [0.717, 1.165) is 13.1 Å². The van der Waals surface area contributed by atoms with E-state index in [2.05, 4.69) is 22.6 Å². The van der Waals surface area contributed by atoms with E-state index >= 15 is 0 Å². The van der Waals surface area contributed by atoms with Crippen LogP contribution in [0.15, 0.2) is 0 Å². The van der Waals surface area contributed by atoms with Crippen LogP contribution < -0.4 is 10.6 Å². The van der Waals surface area contributed by atoms with Crippen molar-refractivity contribution in [2.75, 3.05) is 20.1 Å². The summed E-state index contributed by atoms with van der Waals surface area (Å²) in [5.41, 5.74) is 0. The third kappa shape index (κ3) is 2.35. The van der Waals surface area contributed by atoms with Gasteiger partial charge >= 0.3 is 0 Å². The number of carbonyl (C=O) groups excluding carboxylic acids is 2. The topological polar surface area (TPSA) is 61.4 Å². The molecule has 2 heterocycles. The molecule has 0 aromatic carbocycles. The number of likely N-dealkylation sites (tertiary alicyclic amines) is 1. The molecule has 0 bridgehead atoms. The van der Waals surface area contributed by atoms with Crippen molar-refractivity contribution in [2.24, 2.45) is 0 Å². The van der Waals surface area contributed by atoms with Gasteiger partial charge in [0.1, 0.15) is 0 Å². The van der Waals surface area contributed by atoms with Gasteiger partial charge in [0.15, 0.2) is 0 Å². The lowest BCUT2D eigenvalue weighted by atomic mass is 10.2. The van der Waals surface area contributed by atoms with Crippen LogP contribution in [-0.2, 0) is 9.59 Å². The average molecular weight is 211 g/mol. The minimum absolute atomic E-state index is 0.169. The van der Waals surface area contributed by atoms with Crippen LogP contribution in [-0.4, -0.2) is 48.9 Å². The Morgan fingerprint density at radius 3 is 2.87 bits per heavy atom. The normalized spacial score (nSPS) is 32.3. The van der Waals surface area contributed by atoms with Crippen LogP contribution in [0.1, 0.15) is 19.3 Å². The minimum Gasteiger partial charge on any atom is -0.304 e. The molecule has 15 heavy (non-hydrogen) atoms. The molecule has 2 aliphatic rings. The molecular weight excluding hydrogens is 194 g/mol. The van der Waals surface area contributed by atoms with Crippen molar-refractivity contribution in [1.82, 2.24) is 15.5 Å². The predicted octanol–water partition coefficient (Wildman–Crippen LogP) is -0.915. The summed E-state index contributed by atoms with van der Waals surface area (Å²) < 4.78 is 0. The lowest BCUT2D eigenvalue weighted by Gasteiger charge is -2.21. The van der Waals surface area contributed by atoms with Crippen molar-refractivity contribution in [1.29, 1.82) is 0 Å². The van der Waals surface area contributed by atoms with Gasteiger partial charge in [-0.05, 0) is 26.4 Å². The van der Waals surface area contributed by atoms with Gasteiger partial charge in [0, 0.05) is 12.6 Å². The van der Waals surface area contributed by atoms with Gasteiger partial charge in [0.25, 0.3) is 0 Å². The first-order chi connectivity index (χ1) is 7.16. The molecule has 0 aromatic heterocycles. The summed E-state index contributed by atoms with van der Waals surface area (Å²) in [7, 11) is 2.10. The lowest BCUT2D eigenvalue weighted by Crippen LogP contribution is -2.43. The first-order valence-corrected chi connectivity index (χ1v) is 5.44. The van der Waals surface area contributed by atoms with Crippen molar-refractivity contribution >= 4 is 11.8 Å². The van der Waals surface area contributed by atoms with Gasteiger partial charge in [-0.1, -0.05) is 0 Å². The summed E-state index contributed by atoms with van der Waals surface area (Å²) >= 11 is 0. The molecule has 2 aliphatic heterocycles. The van der Waals surface area contributed by atoms with E-state index in [-0.39, 0.29) is 24.3 Å². The molecule has 2 rings (SSSR count). The Balaban J connectivity index is 1.78. The fourth-order valence-corrected chi connectivity index (χ4v) is 2.23. The summed E-state index contributed by atoms with van der Waals surface area (Å²) in [5.74, 6) is -0.349. The fourth-order valence-electron chi connectivity index (χ4n) is 2.23. The van der Waals surface area contributed by atoms with Crippen molar-refractivity contribution in [2.45, 2.75) is 31.3 Å². The number of likely N-dealkylation sites (N-methyl/N-ethyl adjacent to an activating group) is 1. The van der Waals surface area contributed by atoms with Crippen LogP contribution in [0.2, 0.25) is 0 Å². The molecule has 0 aliphatic carbocycles. The van der Waals surface area contributed by atoms with Crippen molar-refractivity contribution in [3.63, 3.8) is 0 Å². The van der Waals surface area contributed by atoms with E-state index in [1.54, 1.807) is 0 Å². The maximum atomic E-state index is 11.3. The van der Waals surface area contributed by atoms with E-state index in [0.29, 0.717) is 6.04 Å². The monoisotopic (exact) mass is 211 g/mol. The fraction of sp³-hybridized carbons (Fsp3) is 0.800. The zero-order valence-electron chi connectivity index (χ0n) is 8.95. The number of hydrogen-bond donors (Lipinski definition) is 2. The van der Waals surface area contributed by atoms with E-state index < -0.39 is 0 Å². The Labute approximate surface area is 89.2 Å². The van der Waals surface area contributed by atoms with Crippen molar-refractivity contribution in [3.8, 4) is 0 Å². The molecule has 2 N–H and O–H groups in total. The van der Waals surface area contributed by atoms with Gasteiger partial charge in [-0.2, -0.15) is 0 Å². The zero-order chi connectivity index (χ0) is 10.8. The molecule has 5 heteroatoms. The summed E-state index contributed by atoms with van der Waals surface area (Å²) in [6.07, 6.45) is 2.68. The number of amides is 2. The Morgan fingerprint density at radius 2 is 2.33 bits per heavy atom. The molecule has 0 radical (unpaired) electrons. The van der Waals surface area contributed by atoms with Gasteiger partial charge in [-0.25, -0.2) is 0 Å². The molecule has 84 valence electrons. The smallest absolute Gasteiger partial charge is 0.244 e. The number of rotatable bonds is 3. The number of nitrogens with one attached hydrogen (secondary N) is 2. The van der Waals surface area contributed by atoms with Gasteiger partial charge in [0.2, 0.25) is 11.8 Å². The third-order valence-electron chi connectivity index (χ3n) is 3.24.